The van der Waals surface area contributed by atoms with E-state index in [1.165, 1.54) is 0 Å². The summed E-state index contributed by atoms with van der Waals surface area (Å²) in [5.74, 6) is -0.622. The maximum atomic E-state index is 6.47. The van der Waals surface area contributed by atoms with Crippen LogP contribution in [0.15, 0.2) is 91.0 Å². The smallest absolute Gasteiger partial charge is 0.187 e. The number of rotatable bonds is 13. The molecule has 2 heterocycles. The Bertz CT molecular complexity index is 1110. The minimum Gasteiger partial charge on any atom is -0.374 e. The molecule has 0 bridgehead atoms. The predicted octanol–water partition coefficient (Wildman–Crippen LogP) is 5.27. The number of benzene rings is 3. The van der Waals surface area contributed by atoms with Gasteiger partial charge in [-0.05, 0) is 30.5 Å². The van der Waals surface area contributed by atoms with Crippen molar-refractivity contribution in [2.24, 2.45) is 0 Å². The van der Waals surface area contributed by atoms with Crippen molar-refractivity contribution in [1.82, 2.24) is 0 Å². The number of hydrogen-bond donors (Lipinski definition) is 0. The van der Waals surface area contributed by atoms with Crippen molar-refractivity contribution in [3.8, 4) is 0 Å². The van der Waals surface area contributed by atoms with Crippen molar-refractivity contribution in [1.29, 1.82) is 0 Å². The summed E-state index contributed by atoms with van der Waals surface area (Å²) < 4.78 is 43.4. The molecule has 5 rings (SSSR count). The van der Waals surface area contributed by atoms with Gasteiger partial charge in [0.25, 0.3) is 0 Å². The van der Waals surface area contributed by atoms with E-state index in [4.69, 9.17) is 33.2 Å². The first kappa shape index (κ1) is 27.9. The fraction of sp³-hybridized carbons (Fsp3) is 0.438. The van der Waals surface area contributed by atoms with Crippen LogP contribution in [0.5, 0.6) is 0 Å². The average Bonchev–Trinajstić information content (AvgIpc) is 3.49. The summed E-state index contributed by atoms with van der Waals surface area (Å²) in [5.41, 5.74) is 3.24. The number of hydrogen-bond acceptors (Lipinski definition) is 7. The summed E-state index contributed by atoms with van der Waals surface area (Å²) in [5, 5.41) is 0. The van der Waals surface area contributed by atoms with Gasteiger partial charge < -0.3 is 33.2 Å². The lowest BCUT2D eigenvalue weighted by atomic mass is 10.1. The summed E-state index contributed by atoms with van der Waals surface area (Å²) >= 11 is 0. The van der Waals surface area contributed by atoms with Gasteiger partial charge in [-0.25, -0.2) is 0 Å². The minimum atomic E-state index is -0.646. The van der Waals surface area contributed by atoms with E-state index in [1.807, 2.05) is 105 Å². The maximum Gasteiger partial charge on any atom is 0.187 e. The molecule has 2 aliphatic rings. The molecule has 0 spiro atoms. The van der Waals surface area contributed by atoms with Crippen molar-refractivity contribution in [3.05, 3.63) is 108 Å². The first-order valence-electron chi connectivity index (χ1n) is 13.6. The largest absolute Gasteiger partial charge is 0.374 e. The highest BCUT2D eigenvalue weighted by Crippen LogP contribution is 2.31. The summed E-state index contributed by atoms with van der Waals surface area (Å²) in [7, 11) is 0. The lowest BCUT2D eigenvalue weighted by Crippen LogP contribution is -2.40. The molecule has 0 N–H and O–H groups in total. The van der Waals surface area contributed by atoms with Crippen LogP contribution in [0.2, 0.25) is 0 Å². The van der Waals surface area contributed by atoms with Gasteiger partial charge in [0.15, 0.2) is 12.1 Å². The van der Waals surface area contributed by atoms with Gasteiger partial charge >= 0.3 is 0 Å². The van der Waals surface area contributed by atoms with E-state index in [1.54, 1.807) is 0 Å². The standard InChI is InChI=1S/C32H38O7/c1-32(2)37-22-27(39-32)21-36-31-30(35-20-26-16-10-5-11-17-26)29(34-19-25-14-8-4-9-15-25)28(38-31)23-33-18-24-12-6-3-7-13-24/h3-17,27-31H,18-23H2,1-2H3/t27-,28+,29+,30+,31+/m0/s1. The van der Waals surface area contributed by atoms with Crippen molar-refractivity contribution in [2.45, 2.75) is 70.2 Å². The van der Waals surface area contributed by atoms with Crippen LogP contribution in [0.25, 0.3) is 0 Å². The van der Waals surface area contributed by atoms with E-state index < -0.39 is 24.3 Å². The van der Waals surface area contributed by atoms with Gasteiger partial charge in [-0.3, -0.25) is 0 Å². The molecule has 0 radical (unpaired) electrons. The first-order valence-corrected chi connectivity index (χ1v) is 13.6. The van der Waals surface area contributed by atoms with Gasteiger partial charge in [0.2, 0.25) is 0 Å². The highest BCUT2D eigenvalue weighted by molar-refractivity contribution is 5.15. The highest BCUT2D eigenvalue weighted by atomic mass is 16.8. The van der Waals surface area contributed by atoms with Crippen LogP contribution in [0.3, 0.4) is 0 Å². The van der Waals surface area contributed by atoms with Crippen LogP contribution in [-0.4, -0.2) is 56.3 Å². The summed E-state index contributed by atoms with van der Waals surface area (Å²) in [6.45, 7) is 6.25. The van der Waals surface area contributed by atoms with Gasteiger partial charge in [-0.15, -0.1) is 0 Å². The topological polar surface area (TPSA) is 64.6 Å². The molecule has 208 valence electrons. The Hall–Kier alpha value is -2.62. The highest BCUT2D eigenvalue weighted by Gasteiger charge is 2.48. The summed E-state index contributed by atoms with van der Waals surface area (Å²) in [6.07, 6.45) is -2.07. The Kier molecular flexibility index (Phi) is 9.76. The summed E-state index contributed by atoms with van der Waals surface area (Å²) in [6, 6.07) is 30.3. The molecule has 2 fully saturated rings. The third kappa shape index (κ3) is 8.19. The fourth-order valence-electron chi connectivity index (χ4n) is 4.79. The van der Waals surface area contributed by atoms with Crippen LogP contribution >= 0.6 is 0 Å². The van der Waals surface area contributed by atoms with E-state index >= 15 is 0 Å². The van der Waals surface area contributed by atoms with Crippen LogP contribution in [0.1, 0.15) is 30.5 Å². The molecular weight excluding hydrogens is 496 g/mol. The Morgan fingerprint density at radius 1 is 0.667 bits per heavy atom. The number of ether oxygens (including phenoxy) is 7. The lowest BCUT2D eigenvalue weighted by molar-refractivity contribution is -0.203. The quantitative estimate of drug-likeness (QED) is 0.296. The molecule has 39 heavy (non-hydrogen) atoms. The molecule has 0 aromatic heterocycles. The van der Waals surface area contributed by atoms with Crippen LogP contribution in [-0.2, 0) is 53.0 Å². The third-order valence-electron chi connectivity index (χ3n) is 6.75. The van der Waals surface area contributed by atoms with Crippen molar-refractivity contribution >= 4 is 0 Å². The molecule has 7 heteroatoms. The molecule has 5 atom stereocenters. The Labute approximate surface area is 230 Å². The first-order chi connectivity index (χ1) is 19.1. The fourth-order valence-corrected chi connectivity index (χ4v) is 4.79. The van der Waals surface area contributed by atoms with Gasteiger partial charge in [0.05, 0.1) is 39.6 Å². The Balaban J connectivity index is 1.29. The van der Waals surface area contributed by atoms with Crippen molar-refractivity contribution in [3.63, 3.8) is 0 Å². The van der Waals surface area contributed by atoms with E-state index in [9.17, 15) is 0 Å². The zero-order valence-corrected chi connectivity index (χ0v) is 22.6. The maximum absolute atomic E-state index is 6.47. The zero-order valence-electron chi connectivity index (χ0n) is 22.6. The molecule has 0 aliphatic carbocycles. The van der Waals surface area contributed by atoms with Gasteiger partial charge in [0.1, 0.15) is 24.4 Å². The second-order valence-electron chi connectivity index (χ2n) is 10.4. The molecular formula is C32H38O7. The molecule has 0 amide bonds. The van der Waals surface area contributed by atoms with Crippen LogP contribution < -0.4 is 0 Å². The second-order valence-corrected chi connectivity index (χ2v) is 10.4. The van der Waals surface area contributed by atoms with Gasteiger partial charge in [-0.1, -0.05) is 91.0 Å². The third-order valence-corrected chi connectivity index (χ3v) is 6.75. The van der Waals surface area contributed by atoms with E-state index in [0.29, 0.717) is 39.6 Å². The van der Waals surface area contributed by atoms with Crippen LogP contribution in [0.4, 0.5) is 0 Å². The van der Waals surface area contributed by atoms with E-state index in [0.717, 1.165) is 16.7 Å². The molecule has 0 saturated carbocycles. The zero-order chi connectivity index (χ0) is 26.9. The molecule has 0 unspecified atom stereocenters. The summed E-state index contributed by atoms with van der Waals surface area (Å²) in [4.78, 5) is 0. The normalized spacial score (nSPS) is 26.2. The predicted molar refractivity (Wildman–Crippen MR) is 146 cm³/mol. The lowest BCUT2D eigenvalue weighted by Gasteiger charge is -2.25. The van der Waals surface area contributed by atoms with Crippen molar-refractivity contribution < 1.29 is 33.2 Å². The Morgan fingerprint density at radius 2 is 1.21 bits per heavy atom. The average molecular weight is 535 g/mol. The minimum absolute atomic E-state index is 0.185. The van der Waals surface area contributed by atoms with Crippen molar-refractivity contribution in [2.75, 3.05) is 19.8 Å². The second kappa shape index (κ2) is 13.6. The van der Waals surface area contributed by atoms with Crippen LogP contribution in [0, 0.1) is 0 Å². The van der Waals surface area contributed by atoms with E-state index in [-0.39, 0.29) is 12.2 Å². The van der Waals surface area contributed by atoms with Gasteiger partial charge in [-0.2, -0.15) is 0 Å². The molecule has 3 aromatic rings. The Morgan fingerprint density at radius 3 is 1.74 bits per heavy atom. The monoisotopic (exact) mass is 534 g/mol. The molecule has 3 aromatic carbocycles. The SMILES string of the molecule is CC1(C)OC[C@H](CO[C@@H]2O[C@H](COCc3ccccc3)[C@@H](OCc3ccccc3)[C@H]2OCc2ccccc2)O1. The molecule has 2 saturated heterocycles. The molecule has 2 aliphatic heterocycles. The van der Waals surface area contributed by atoms with Gasteiger partial charge in [0, 0.05) is 0 Å². The van der Waals surface area contributed by atoms with E-state index in [2.05, 4.69) is 0 Å². The molecule has 7 nitrogen and oxygen atoms in total.